The number of carbonyl (C=O) groups excluding carboxylic acids is 1. The first-order valence-corrected chi connectivity index (χ1v) is 10.3. The van der Waals surface area contributed by atoms with Crippen molar-refractivity contribution < 1.29 is 14.6 Å². The van der Waals surface area contributed by atoms with Crippen molar-refractivity contribution in [1.29, 1.82) is 0 Å². The van der Waals surface area contributed by atoms with Gasteiger partial charge in [0.15, 0.2) is 5.78 Å². The van der Waals surface area contributed by atoms with Crippen molar-refractivity contribution in [3.05, 3.63) is 59.3 Å². The largest absolute Gasteiger partial charge is 0.476 e. The molecule has 0 fully saturated rings. The number of rotatable bonds is 10. The molecule has 1 atom stereocenters. The highest BCUT2D eigenvalue weighted by molar-refractivity contribution is 5.96. The van der Waals surface area contributed by atoms with E-state index in [-0.39, 0.29) is 5.78 Å². The van der Waals surface area contributed by atoms with E-state index in [1.807, 2.05) is 19.0 Å². The Balaban J connectivity index is 1.44. The molecule has 0 saturated carbocycles. The SMILES string of the molecule is CN(C)CCOc1cc(C(=O)CC[C@H](O)CN2CCc3ccccc3C2)ccn1. The average molecular weight is 398 g/mol. The molecule has 1 aromatic heterocycles. The number of nitrogens with zero attached hydrogens (tertiary/aromatic N) is 3. The highest BCUT2D eigenvalue weighted by Gasteiger charge is 2.19. The molecular formula is C23H31N3O3. The number of Topliss-reactive ketones (excluding diaryl/α,β-unsaturated/α-hetero) is 1. The zero-order chi connectivity index (χ0) is 20.6. The number of aliphatic hydroxyl groups is 1. The van der Waals surface area contributed by atoms with Gasteiger partial charge in [0.25, 0.3) is 0 Å². The lowest BCUT2D eigenvalue weighted by molar-refractivity contribution is 0.0836. The van der Waals surface area contributed by atoms with Gasteiger partial charge in [0.2, 0.25) is 5.88 Å². The lowest BCUT2D eigenvalue weighted by Gasteiger charge is -2.30. The minimum atomic E-state index is -0.512. The van der Waals surface area contributed by atoms with E-state index in [0.29, 0.717) is 37.4 Å². The Labute approximate surface area is 173 Å². The van der Waals surface area contributed by atoms with Crippen LogP contribution in [-0.2, 0) is 13.0 Å². The van der Waals surface area contributed by atoms with Gasteiger partial charge in [0, 0.05) is 50.4 Å². The van der Waals surface area contributed by atoms with Crippen LogP contribution in [0.15, 0.2) is 42.6 Å². The predicted molar refractivity (Wildman–Crippen MR) is 113 cm³/mol. The maximum atomic E-state index is 12.5. The number of aliphatic hydroxyl groups excluding tert-OH is 1. The summed E-state index contributed by atoms with van der Waals surface area (Å²) < 4.78 is 5.60. The second-order valence-electron chi connectivity index (χ2n) is 7.90. The van der Waals surface area contributed by atoms with Gasteiger partial charge in [-0.2, -0.15) is 0 Å². The van der Waals surface area contributed by atoms with Crippen molar-refractivity contribution in [1.82, 2.24) is 14.8 Å². The Hall–Kier alpha value is -2.28. The summed E-state index contributed by atoms with van der Waals surface area (Å²) in [7, 11) is 3.95. The molecule has 1 aliphatic heterocycles. The van der Waals surface area contributed by atoms with Gasteiger partial charge < -0.3 is 14.7 Å². The number of likely N-dealkylation sites (N-methyl/N-ethyl adjacent to an activating group) is 1. The summed E-state index contributed by atoms with van der Waals surface area (Å²) in [6, 6.07) is 11.9. The second kappa shape index (κ2) is 10.5. The van der Waals surface area contributed by atoms with Crippen molar-refractivity contribution in [3.63, 3.8) is 0 Å². The van der Waals surface area contributed by atoms with Gasteiger partial charge >= 0.3 is 0 Å². The van der Waals surface area contributed by atoms with Crippen LogP contribution in [0.3, 0.4) is 0 Å². The number of pyridine rings is 1. The van der Waals surface area contributed by atoms with Gasteiger partial charge in [-0.25, -0.2) is 4.98 Å². The van der Waals surface area contributed by atoms with Crippen molar-refractivity contribution in [2.75, 3.05) is 40.3 Å². The minimum absolute atomic E-state index is 0.00731. The predicted octanol–water partition coefficient (Wildman–Crippen LogP) is 2.40. The molecule has 156 valence electrons. The van der Waals surface area contributed by atoms with Crippen molar-refractivity contribution in [3.8, 4) is 5.88 Å². The van der Waals surface area contributed by atoms with E-state index in [9.17, 15) is 9.90 Å². The van der Waals surface area contributed by atoms with Gasteiger partial charge in [-0.1, -0.05) is 24.3 Å². The molecular weight excluding hydrogens is 366 g/mol. The van der Waals surface area contributed by atoms with Crippen molar-refractivity contribution >= 4 is 5.78 Å². The fourth-order valence-electron chi connectivity index (χ4n) is 3.54. The number of benzene rings is 1. The topological polar surface area (TPSA) is 65.9 Å². The Kier molecular flexibility index (Phi) is 7.75. The molecule has 1 aliphatic rings. The number of hydrogen-bond donors (Lipinski definition) is 1. The molecule has 1 N–H and O–H groups in total. The van der Waals surface area contributed by atoms with Crippen LogP contribution in [-0.4, -0.2) is 72.1 Å². The highest BCUT2D eigenvalue weighted by Crippen LogP contribution is 2.19. The molecule has 0 saturated heterocycles. The van der Waals surface area contributed by atoms with Gasteiger partial charge in [-0.05, 0) is 44.1 Å². The smallest absolute Gasteiger partial charge is 0.213 e. The summed E-state index contributed by atoms with van der Waals surface area (Å²) in [5, 5.41) is 10.4. The van der Waals surface area contributed by atoms with Crippen LogP contribution in [0.1, 0.15) is 34.3 Å². The number of fused-ring (bicyclic) bond motifs is 1. The third-order valence-electron chi connectivity index (χ3n) is 5.23. The van der Waals surface area contributed by atoms with E-state index in [1.165, 1.54) is 11.1 Å². The van der Waals surface area contributed by atoms with E-state index in [4.69, 9.17) is 4.74 Å². The molecule has 0 amide bonds. The summed E-state index contributed by atoms with van der Waals surface area (Å²) in [6.07, 6.45) is 2.86. The molecule has 0 bridgehead atoms. The Morgan fingerprint density at radius 1 is 1.28 bits per heavy atom. The van der Waals surface area contributed by atoms with Crippen LogP contribution in [0.2, 0.25) is 0 Å². The lowest BCUT2D eigenvalue weighted by Crippen LogP contribution is -2.36. The third kappa shape index (κ3) is 6.63. The molecule has 0 spiro atoms. The summed E-state index contributed by atoms with van der Waals surface area (Å²) in [4.78, 5) is 21.0. The molecule has 2 heterocycles. The molecule has 0 unspecified atom stereocenters. The first kappa shape index (κ1) is 21.4. The number of aromatic nitrogens is 1. The fourth-order valence-corrected chi connectivity index (χ4v) is 3.54. The molecule has 0 aliphatic carbocycles. The van der Waals surface area contributed by atoms with E-state index in [0.717, 1.165) is 26.1 Å². The monoisotopic (exact) mass is 397 g/mol. The molecule has 3 rings (SSSR count). The molecule has 29 heavy (non-hydrogen) atoms. The zero-order valence-electron chi connectivity index (χ0n) is 17.4. The zero-order valence-corrected chi connectivity index (χ0v) is 17.4. The van der Waals surface area contributed by atoms with Gasteiger partial charge in [0.05, 0.1) is 6.10 Å². The van der Waals surface area contributed by atoms with Crippen LogP contribution in [0.5, 0.6) is 5.88 Å². The number of β-amino-alcohol motifs (C(OH)–C–C–N with tert-alkyl or cyclic N) is 1. The average Bonchev–Trinajstić information content (AvgIpc) is 2.72. The summed E-state index contributed by atoms with van der Waals surface area (Å²) in [6.45, 7) is 3.71. The normalized spacial score (nSPS) is 15.2. The quantitative estimate of drug-likeness (QED) is 0.621. The minimum Gasteiger partial charge on any atom is -0.476 e. The number of hydrogen-bond acceptors (Lipinski definition) is 6. The van der Waals surface area contributed by atoms with Crippen molar-refractivity contribution in [2.24, 2.45) is 0 Å². The number of carbonyl (C=O) groups is 1. The van der Waals surface area contributed by atoms with Crippen LogP contribution in [0.4, 0.5) is 0 Å². The van der Waals surface area contributed by atoms with Gasteiger partial charge in [-0.3, -0.25) is 9.69 Å². The molecule has 6 heteroatoms. The fraction of sp³-hybridized carbons (Fsp3) is 0.478. The molecule has 0 radical (unpaired) electrons. The second-order valence-corrected chi connectivity index (χ2v) is 7.90. The Morgan fingerprint density at radius 2 is 2.07 bits per heavy atom. The third-order valence-corrected chi connectivity index (χ3v) is 5.23. The number of ether oxygens (including phenoxy) is 1. The van der Waals surface area contributed by atoms with E-state index in [1.54, 1.807) is 18.3 Å². The van der Waals surface area contributed by atoms with Crippen LogP contribution >= 0.6 is 0 Å². The first-order valence-electron chi connectivity index (χ1n) is 10.3. The Bertz CT molecular complexity index is 809. The van der Waals surface area contributed by atoms with Gasteiger partial charge in [-0.15, -0.1) is 0 Å². The van der Waals surface area contributed by atoms with Crippen LogP contribution < -0.4 is 4.74 Å². The number of ketones is 1. The standard InChI is InChI=1S/C23H31N3O3/c1-25(2)13-14-29-23-15-19(9-11-24-23)22(28)8-7-21(27)17-26-12-10-18-5-3-4-6-20(18)16-26/h3-6,9,11,15,21,27H,7-8,10,12-14,16-17H2,1-2H3/t21-/m0/s1. The van der Waals surface area contributed by atoms with Crippen LogP contribution in [0, 0.1) is 0 Å². The first-order chi connectivity index (χ1) is 14.0. The maximum Gasteiger partial charge on any atom is 0.213 e. The molecule has 6 nitrogen and oxygen atoms in total. The summed E-state index contributed by atoms with van der Waals surface area (Å²) in [5.41, 5.74) is 3.31. The maximum absolute atomic E-state index is 12.5. The van der Waals surface area contributed by atoms with E-state index in [2.05, 4.69) is 34.1 Å². The van der Waals surface area contributed by atoms with Gasteiger partial charge in [0.1, 0.15) is 6.61 Å². The van der Waals surface area contributed by atoms with E-state index < -0.39 is 6.10 Å². The van der Waals surface area contributed by atoms with Crippen LogP contribution in [0.25, 0.3) is 0 Å². The lowest BCUT2D eigenvalue weighted by atomic mass is 9.99. The highest BCUT2D eigenvalue weighted by atomic mass is 16.5. The summed E-state index contributed by atoms with van der Waals surface area (Å²) in [5.74, 6) is 0.470. The van der Waals surface area contributed by atoms with E-state index >= 15 is 0 Å². The van der Waals surface area contributed by atoms with Crippen molar-refractivity contribution in [2.45, 2.75) is 31.9 Å². The molecule has 2 aromatic rings. The molecule has 1 aromatic carbocycles. The summed E-state index contributed by atoms with van der Waals surface area (Å²) >= 11 is 0. The Morgan fingerprint density at radius 3 is 2.86 bits per heavy atom.